The van der Waals surface area contributed by atoms with Crippen LogP contribution in [-0.4, -0.2) is 54.7 Å². The van der Waals surface area contributed by atoms with E-state index in [1.807, 2.05) is 0 Å². The predicted molar refractivity (Wildman–Crippen MR) is 101 cm³/mol. The second-order valence-electron chi connectivity index (χ2n) is 6.88. The van der Waals surface area contributed by atoms with Crippen molar-refractivity contribution >= 4 is 23.7 Å². The third-order valence-corrected chi connectivity index (χ3v) is 4.67. The highest BCUT2D eigenvalue weighted by molar-refractivity contribution is 5.95. The van der Waals surface area contributed by atoms with Gasteiger partial charge in [-0.05, 0) is 56.9 Å². The van der Waals surface area contributed by atoms with Crippen molar-refractivity contribution in [2.75, 3.05) is 25.0 Å². The van der Waals surface area contributed by atoms with Crippen LogP contribution in [-0.2, 0) is 4.74 Å². The lowest BCUT2D eigenvalue weighted by Crippen LogP contribution is -2.46. The molecule has 1 saturated heterocycles. The first-order valence-corrected chi connectivity index (χ1v) is 9.45. The van der Waals surface area contributed by atoms with Crippen LogP contribution in [0.5, 0.6) is 0 Å². The van der Waals surface area contributed by atoms with Crippen LogP contribution in [0.4, 0.5) is 15.3 Å². The average molecular weight is 374 g/mol. The monoisotopic (exact) mass is 374 g/mol. The van der Waals surface area contributed by atoms with Gasteiger partial charge in [-0.15, -0.1) is 0 Å². The van der Waals surface area contributed by atoms with Crippen molar-refractivity contribution in [2.24, 2.45) is 0 Å². The fourth-order valence-corrected chi connectivity index (χ4v) is 2.98. The summed E-state index contributed by atoms with van der Waals surface area (Å²) < 4.78 is 5.00. The van der Waals surface area contributed by atoms with Gasteiger partial charge in [-0.2, -0.15) is 0 Å². The molecule has 1 aliphatic heterocycles. The van der Waals surface area contributed by atoms with Crippen molar-refractivity contribution in [3.05, 3.63) is 29.8 Å². The smallest absolute Gasteiger partial charge is 0.409 e. The minimum atomic E-state index is -0.295. The number of nitrogens with one attached hydrogen (secondary N) is 3. The lowest BCUT2D eigenvalue weighted by molar-refractivity contribution is 0.0860. The van der Waals surface area contributed by atoms with Gasteiger partial charge in [0.2, 0.25) is 0 Å². The number of hydrogen-bond donors (Lipinski definition) is 3. The molecule has 0 aromatic heterocycles. The first-order valence-electron chi connectivity index (χ1n) is 9.45. The van der Waals surface area contributed by atoms with Gasteiger partial charge in [0.15, 0.2) is 0 Å². The quantitative estimate of drug-likeness (QED) is 0.736. The van der Waals surface area contributed by atoms with Gasteiger partial charge < -0.3 is 25.6 Å². The molecule has 1 aliphatic carbocycles. The van der Waals surface area contributed by atoms with Gasteiger partial charge in [0.05, 0.1) is 6.61 Å². The minimum absolute atomic E-state index is 0.0327. The molecule has 2 aliphatic rings. The van der Waals surface area contributed by atoms with Gasteiger partial charge in [0.25, 0.3) is 5.91 Å². The number of amides is 4. The van der Waals surface area contributed by atoms with E-state index in [-0.39, 0.29) is 24.1 Å². The Morgan fingerprint density at radius 3 is 2.22 bits per heavy atom. The van der Waals surface area contributed by atoms with Gasteiger partial charge in [0, 0.05) is 36.4 Å². The van der Waals surface area contributed by atoms with Crippen LogP contribution in [0, 0.1) is 0 Å². The largest absolute Gasteiger partial charge is 0.450 e. The first kappa shape index (κ1) is 19.0. The summed E-state index contributed by atoms with van der Waals surface area (Å²) in [5.74, 6) is -0.154. The molecule has 3 N–H and O–H groups in total. The van der Waals surface area contributed by atoms with Crippen molar-refractivity contribution in [2.45, 2.75) is 44.7 Å². The van der Waals surface area contributed by atoms with Crippen molar-refractivity contribution in [3.8, 4) is 0 Å². The first-order chi connectivity index (χ1) is 13.0. The van der Waals surface area contributed by atoms with E-state index >= 15 is 0 Å². The molecule has 1 saturated carbocycles. The summed E-state index contributed by atoms with van der Waals surface area (Å²) in [6, 6.07) is 6.92. The average Bonchev–Trinajstić information content (AvgIpc) is 3.47. The zero-order chi connectivity index (χ0) is 19.2. The number of urea groups is 1. The number of nitrogens with zero attached hydrogens (tertiary/aromatic N) is 1. The lowest BCUT2D eigenvalue weighted by atomic mass is 10.0. The molecule has 0 atom stereocenters. The van der Waals surface area contributed by atoms with Crippen molar-refractivity contribution in [3.63, 3.8) is 0 Å². The van der Waals surface area contributed by atoms with E-state index in [1.54, 1.807) is 36.1 Å². The number of carbonyl (C=O) groups is 3. The summed E-state index contributed by atoms with van der Waals surface area (Å²) in [6.07, 6.45) is 3.17. The fourth-order valence-electron chi connectivity index (χ4n) is 2.98. The molecule has 0 radical (unpaired) electrons. The molecular formula is C19H26N4O4. The number of likely N-dealkylation sites (tertiary alicyclic amines) is 1. The Labute approximate surface area is 158 Å². The summed E-state index contributed by atoms with van der Waals surface area (Å²) in [5, 5.41) is 8.61. The number of piperidine rings is 1. The second-order valence-corrected chi connectivity index (χ2v) is 6.88. The van der Waals surface area contributed by atoms with Gasteiger partial charge in [0.1, 0.15) is 0 Å². The molecule has 0 bridgehead atoms. The van der Waals surface area contributed by atoms with E-state index in [0.717, 1.165) is 12.8 Å². The summed E-state index contributed by atoms with van der Waals surface area (Å²) >= 11 is 0. The fraction of sp³-hybridized carbons (Fsp3) is 0.526. The number of rotatable bonds is 5. The van der Waals surface area contributed by atoms with Crippen molar-refractivity contribution in [1.82, 2.24) is 15.5 Å². The van der Waals surface area contributed by atoms with E-state index in [0.29, 0.717) is 49.8 Å². The molecule has 1 aromatic carbocycles. The molecule has 0 spiro atoms. The number of hydrogen-bond acceptors (Lipinski definition) is 4. The summed E-state index contributed by atoms with van der Waals surface area (Å²) in [6.45, 7) is 3.29. The Morgan fingerprint density at radius 2 is 1.63 bits per heavy atom. The standard InChI is InChI=1S/C19H26N4O4/c1-2-27-19(26)23-11-9-16(10-12-23)20-17(24)13-3-5-14(6-4-13)21-18(25)22-15-7-8-15/h3-6,15-16H,2,7-12H2,1H3,(H,20,24)(H2,21,22,25). The SMILES string of the molecule is CCOC(=O)N1CCC(NC(=O)c2ccc(NC(=O)NC3CC3)cc2)CC1. The normalized spacial score (nSPS) is 17.1. The molecule has 8 nitrogen and oxygen atoms in total. The van der Waals surface area contributed by atoms with Gasteiger partial charge in [-0.1, -0.05) is 0 Å². The topological polar surface area (TPSA) is 99.8 Å². The van der Waals surface area contributed by atoms with Crippen LogP contribution in [0.3, 0.4) is 0 Å². The maximum absolute atomic E-state index is 12.4. The zero-order valence-electron chi connectivity index (χ0n) is 15.5. The number of benzene rings is 1. The predicted octanol–water partition coefficient (Wildman–Crippen LogP) is 2.32. The number of ether oxygens (including phenoxy) is 1. The van der Waals surface area contributed by atoms with E-state index in [4.69, 9.17) is 4.74 Å². The van der Waals surface area contributed by atoms with Crippen LogP contribution >= 0.6 is 0 Å². The third-order valence-electron chi connectivity index (χ3n) is 4.67. The molecule has 4 amide bonds. The molecule has 0 unspecified atom stereocenters. The highest BCUT2D eigenvalue weighted by Gasteiger charge is 2.25. The molecule has 8 heteroatoms. The van der Waals surface area contributed by atoms with Crippen LogP contribution in [0.25, 0.3) is 0 Å². The Morgan fingerprint density at radius 1 is 1.00 bits per heavy atom. The Bertz CT molecular complexity index is 679. The number of carbonyl (C=O) groups excluding carboxylic acids is 3. The van der Waals surface area contributed by atoms with Gasteiger partial charge in [-0.25, -0.2) is 9.59 Å². The molecular weight excluding hydrogens is 348 g/mol. The summed E-state index contributed by atoms with van der Waals surface area (Å²) in [4.78, 5) is 37.5. The van der Waals surface area contributed by atoms with Crippen LogP contribution in [0.2, 0.25) is 0 Å². The molecule has 2 fully saturated rings. The Kier molecular flexibility index (Phi) is 6.16. The number of anilines is 1. The van der Waals surface area contributed by atoms with E-state index in [2.05, 4.69) is 16.0 Å². The Hall–Kier alpha value is -2.77. The van der Waals surface area contributed by atoms with E-state index < -0.39 is 0 Å². The van der Waals surface area contributed by atoms with E-state index in [1.165, 1.54) is 0 Å². The highest BCUT2D eigenvalue weighted by atomic mass is 16.6. The van der Waals surface area contributed by atoms with Gasteiger partial charge in [-0.3, -0.25) is 4.79 Å². The van der Waals surface area contributed by atoms with Crippen LogP contribution in [0.1, 0.15) is 43.0 Å². The van der Waals surface area contributed by atoms with Crippen molar-refractivity contribution in [1.29, 1.82) is 0 Å². The molecule has 146 valence electrons. The van der Waals surface area contributed by atoms with E-state index in [9.17, 15) is 14.4 Å². The molecule has 3 rings (SSSR count). The zero-order valence-corrected chi connectivity index (χ0v) is 15.5. The Balaban J connectivity index is 1.44. The minimum Gasteiger partial charge on any atom is -0.450 e. The maximum Gasteiger partial charge on any atom is 0.409 e. The second kappa shape index (κ2) is 8.75. The third kappa shape index (κ3) is 5.60. The molecule has 1 aromatic rings. The molecule has 1 heterocycles. The highest BCUT2D eigenvalue weighted by Crippen LogP contribution is 2.19. The summed E-state index contributed by atoms with van der Waals surface area (Å²) in [7, 11) is 0. The van der Waals surface area contributed by atoms with Crippen LogP contribution < -0.4 is 16.0 Å². The lowest BCUT2D eigenvalue weighted by Gasteiger charge is -2.31. The molecule has 27 heavy (non-hydrogen) atoms. The van der Waals surface area contributed by atoms with Gasteiger partial charge >= 0.3 is 12.1 Å². The summed E-state index contributed by atoms with van der Waals surface area (Å²) in [5.41, 5.74) is 1.18. The maximum atomic E-state index is 12.4. The van der Waals surface area contributed by atoms with Crippen molar-refractivity contribution < 1.29 is 19.1 Å². The van der Waals surface area contributed by atoms with Crippen LogP contribution in [0.15, 0.2) is 24.3 Å².